The number of benzene rings is 3. The molecule has 2 atom stereocenters. The number of halogens is 10. The van der Waals surface area contributed by atoms with E-state index in [-0.39, 0.29) is 33.4 Å². The molecule has 3 aromatic rings. The number of carbonyl (C=O) groups excluding carboxylic acids is 1. The summed E-state index contributed by atoms with van der Waals surface area (Å²) < 4.78 is 166. The van der Waals surface area contributed by atoms with Crippen LogP contribution in [0, 0.1) is 5.82 Å². The molecule has 3 aromatic carbocycles. The third-order valence-corrected chi connectivity index (χ3v) is 7.02. The van der Waals surface area contributed by atoms with E-state index >= 15 is 4.39 Å². The zero-order chi connectivity index (χ0) is 34.7. The number of alkyl halides is 9. The van der Waals surface area contributed by atoms with E-state index in [1.54, 1.807) is 13.8 Å². The second kappa shape index (κ2) is 11.5. The second-order valence-corrected chi connectivity index (χ2v) is 10.3. The number of amides is 1. The highest BCUT2D eigenvalue weighted by molar-refractivity contribution is 5.79. The maximum absolute atomic E-state index is 15.1. The van der Waals surface area contributed by atoms with E-state index in [0.717, 1.165) is 19.1 Å². The molecule has 0 saturated carbocycles. The first-order chi connectivity index (χ1) is 21.0. The van der Waals surface area contributed by atoms with Crippen LogP contribution in [-0.4, -0.2) is 24.1 Å². The summed E-state index contributed by atoms with van der Waals surface area (Å²) in [6.07, 6.45) is -19.0. The van der Waals surface area contributed by atoms with Crippen molar-refractivity contribution in [2.24, 2.45) is 0 Å². The Morgan fingerprint density at radius 3 is 1.95 bits per heavy atom. The highest BCUT2D eigenvalue weighted by atomic mass is 19.4. The Kier molecular flexibility index (Phi) is 7.87. The number of cyclic esters (lactones) is 1. The average Bonchev–Trinajstić information content (AvgIpc) is 3.24. The van der Waals surface area contributed by atoms with Gasteiger partial charge in [-0.2, -0.15) is 39.5 Å². The fourth-order valence-corrected chi connectivity index (χ4v) is 4.95. The number of rotatable bonds is 6. The summed E-state index contributed by atoms with van der Waals surface area (Å²) in [4.78, 5) is 13.4. The monoisotopic (exact) mass is 639 g/mol. The maximum Gasteiger partial charge on any atom is 0.416 e. The molecular weight excluding hydrogens is 612 g/mol. The molecule has 1 heterocycles. The first kappa shape index (κ1) is 30.1. The van der Waals surface area contributed by atoms with Gasteiger partial charge in [-0.25, -0.2) is 9.18 Å². The van der Waals surface area contributed by atoms with Crippen LogP contribution in [0.2, 0.25) is 0 Å². The van der Waals surface area contributed by atoms with Gasteiger partial charge < -0.3 is 9.47 Å². The van der Waals surface area contributed by atoms with Crippen LogP contribution in [-0.2, 0) is 29.8 Å². The quantitative estimate of drug-likeness (QED) is 0.252. The van der Waals surface area contributed by atoms with Gasteiger partial charge in [0.1, 0.15) is 17.7 Å². The summed E-state index contributed by atoms with van der Waals surface area (Å²) in [5, 5.41) is 0. The summed E-state index contributed by atoms with van der Waals surface area (Å²) >= 11 is 0. The van der Waals surface area contributed by atoms with E-state index in [2.05, 4.69) is 0 Å². The average molecular weight is 640 g/mol. The van der Waals surface area contributed by atoms with Gasteiger partial charge in [0.2, 0.25) is 0 Å². The van der Waals surface area contributed by atoms with Gasteiger partial charge in [-0.1, -0.05) is 19.9 Å². The lowest BCUT2D eigenvalue weighted by Crippen LogP contribution is -2.32. The number of hydrogen-bond donors (Lipinski definition) is 0. The SMILES string of the molecule is [2H]C([2H])(c1cc(C(F)(F)F)ccc1-c1c(OC)ccc(F)c1C(C)C)N1C(=O)O[C@H](c2cc(C(F)(F)F)cc(C(F)(F)F)c2)[C@@H]1C. The van der Waals surface area contributed by atoms with Gasteiger partial charge in [0.25, 0.3) is 0 Å². The van der Waals surface area contributed by atoms with Gasteiger partial charge in [0.15, 0.2) is 0 Å². The van der Waals surface area contributed by atoms with Crippen molar-refractivity contribution in [1.82, 2.24) is 4.90 Å². The van der Waals surface area contributed by atoms with Crippen molar-refractivity contribution in [2.45, 2.75) is 63.9 Å². The molecule has 238 valence electrons. The van der Waals surface area contributed by atoms with Gasteiger partial charge in [0.05, 0.1) is 39.1 Å². The van der Waals surface area contributed by atoms with Gasteiger partial charge >= 0.3 is 24.6 Å². The van der Waals surface area contributed by atoms with Crippen LogP contribution in [0.1, 0.15) is 68.9 Å². The Hall–Kier alpha value is -3.97. The second-order valence-electron chi connectivity index (χ2n) is 10.3. The molecular formula is C30H25F10NO3. The number of nitrogens with zero attached hydrogens (tertiary/aromatic N) is 1. The van der Waals surface area contributed by atoms with E-state index in [4.69, 9.17) is 12.2 Å². The molecule has 14 heteroatoms. The number of carbonyl (C=O) groups is 1. The van der Waals surface area contributed by atoms with E-state index in [1.807, 2.05) is 0 Å². The van der Waals surface area contributed by atoms with Crippen LogP contribution in [0.3, 0.4) is 0 Å². The van der Waals surface area contributed by atoms with Crippen molar-refractivity contribution < 1.29 is 60.9 Å². The molecule has 44 heavy (non-hydrogen) atoms. The summed E-state index contributed by atoms with van der Waals surface area (Å²) in [7, 11) is 1.19. The van der Waals surface area contributed by atoms with Gasteiger partial charge in [0, 0.05) is 11.1 Å². The maximum atomic E-state index is 15.1. The van der Waals surface area contributed by atoms with Crippen molar-refractivity contribution in [3.63, 3.8) is 0 Å². The summed E-state index contributed by atoms with van der Waals surface area (Å²) in [5.41, 5.74) is -6.91. The minimum absolute atomic E-state index is 0.0551. The topological polar surface area (TPSA) is 38.8 Å². The number of methoxy groups -OCH3 is 1. The molecule has 4 rings (SSSR count). The molecule has 4 nitrogen and oxygen atoms in total. The van der Waals surface area contributed by atoms with Crippen LogP contribution in [0.4, 0.5) is 48.7 Å². The van der Waals surface area contributed by atoms with Gasteiger partial charge in [-0.05, 0) is 72.0 Å². The van der Waals surface area contributed by atoms with Crippen LogP contribution < -0.4 is 4.74 Å². The highest BCUT2D eigenvalue weighted by Crippen LogP contribution is 2.45. The molecule has 0 radical (unpaired) electrons. The minimum Gasteiger partial charge on any atom is -0.496 e. The Morgan fingerprint density at radius 1 is 0.886 bits per heavy atom. The summed E-state index contributed by atoms with van der Waals surface area (Å²) in [6, 6.07) is 2.90. The van der Waals surface area contributed by atoms with Gasteiger partial charge in [-0.15, -0.1) is 0 Å². The smallest absolute Gasteiger partial charge is 0.416 e. The Morgan fingerprint density at radius 2 is 1.45 bits per heavy atom. The number of ether oxygens (including phenoxy) is 2. The molecule has 0 bridgehead atoms. The lowest BCUT2D eigenvalue weighted by atomic mass is 9.88. The standard InChI is InChI=1S/C30H25F10NO3/c1-14(2)24-22(31)7-8-23(43-4)25(24)21-6-5-18(28(32,33)34)11-17(21)13-41-15(3)26(44-27(41)42)16-9-19(29(35,36)37)12-20(10-16)30(38,39)40/h5-12,14-15,26H,13H2,1-4H3/t15-,26-/m0/s1/i13D2. The first-order valence-corrected chi connectivity index (χ1v) is 12.9. The third kappa shape index (κ3) is 6.43. The minimum atomic E-state index is -5.25. The van der Waals surface area contributed by atoms with Crippen molar-refractivity contribution in [1.29, 1.82) is 0 Å². The zero-order valence-corrected chi connectivity index (χ0v) is 23.3. The predicted molar refractivity (Wildman–Crippen MR) is 138 cm³/mol. The molecule has 0 spiro atoms. The fourth-order valence-electron chi connectivity index (χ4n) is 4.95. The van der Waals surface area contributed by atoms with Crippen molar-refractivity contribution >= 4 is 6.09 Å². The molecule has 1 fully saturated rings. The Balaban J connectivity index is 1.95. The normalized spacial score (nSPS) is 18.8. The van der Waals surface area contributed by atoms with E-state index in [1.165, 1.54) is 13.2 Å². The third-order valence-electron chi connectivity index (χ3n) is 7.02. The van der Waals surface area contributed by atoms with Crippen molar-refractivity contribution in [3.05, 3.63) is 87.7 Å². The molecule has 1 amide bonds. The molecule has 0 N–H and O–H groups in total. The van der Waals surface area contributed by atoms with Crippen LogP contribution in [0.15, 0.2) is 48.5 Å². The Bertz CT molecular complexity index is 1620. The van der Waals surface area contributed by atoms with E-state index < -0.39 is 82.8 Å². The summed E-state index contributed by atoms with van der Waals surface area (Å²) in [6.45, 7) is 0.918. The fraction of sp³-hybridized carbons (Fsp3) is 0.367. The zero-order valence-electron chi connectivity index (χ0n) is 25.3. The lowest BCUT2D eigenvalue weighted by Gasteiger charge is -2.25. The molecule has 0 unspecified atom stereocenters. The first-order valence-electron chi connectivity index (χ1n) is 13.9. The number of hydrogen-bond acceptors (Lipinski definition) is 3. The van der Waals surface area contributed by atoms with E-state index in [0.29, 0.717) is 24.3 Å². The molecule has 0 aromatic heterocycles. The van der Waals surface area contributed by atoms with Crippen molar-refractivity contribution in [2.75, 3.05) is 7.11 Å². The van der Waals surface area contributed by atoms with Crippen LogP contribution >= 0.6 is 0 Å². The van der Waals surface area contributed by atoms with Crippen LogP contribution in [0.25, 0.3) is 11.1 Å². The largest absolute Gasteiger partial charge is 0.496 e. The van der Waals surface area contributed by atoms with E-state index in [9.17, 15) is 44.3 Å². The predicted octanol–water partition coefficient (Wildman–Crippen LogP) is 9.76. The lowest BCUT2D eigenvalue weighted by molar-refractivity contribution is -0.143. The summed E-state index contributed by atoms with van der Waals surface area (Å²) in [5.74, 6) is -1.47. The van der Waals surface area contributed by atoms with Crippen LogP contribution in [0.5, 0.6) is 5.75 Å². The van der Waals surface area contributed by atoms with Gasteiger partial charge in [-0.3, -0.25) is 4.90 Å². The molecule has 1 aliphatic heterocycles. The highest BCUT2D eigenvalue weighted by Gasteiger charge is 2.44. The Labute approximate surface area is 248 Å². The van der Waals surface area contributed by atoms with Crippen molar-refractivity contribution in [3.8, 4) is 16.9 Å². The molecule has 1 aliphatic rings. The molecule has 0 aliphatic carbocycles. The molecule has 1 saturated heterocycles.